The number of nitrogens with one attached hydrogen (secondary N) is 1. The maximum absolute atomic E-state index is 11.7. The molecule has 92 valence electrons. The first-order chi connectivity index (χ1) is 7.24. The highest BCUT2D eigenvalue weighted by Crippen LogP contribution is 2.09. The fourth-order valence-corrected chi connectivity index (χ4v) is 1.78. The molecule has 1 heterocycles. The third-order valence-corrected chi connectivity index (χ3v) is 2.77. The SMILES string of the molecule is CCn1cnc(S(=O)(=O)NOC(C)(C)C)c1. The molecule has 0 unspecified atom stereocenters. The number of hydrogen-bond acceptors (Lipinski definition) is 4. The van der Waals surface area contributed by atoms with Crippen molar-refractivity contribution in [2.24, 2.45) is 0 Å². The van der Waals surface area contributed by atoms with Crippen LogP contribution in [0.25, 0.3) is 0 Å². The molecule has 0 saturated heterocycles. The van der Waals surface area contributed by atoms with Crippen molar-refractivity contribution < 1.29 is 13.3 Å². The number of rotatable bonds is 4. The first kappa shape index (κ1) is 13.1. The highest BCUT2D eigenvalue weighted by Gasteiger charge is 2.21. The van der Waals surface area contributed by atoms with Crippen molar-refractivity contribution in [3.63, 3.8) is 0 Å². The summed E-state index contributed by atoms with van der Waals surface area (Å²) >= 11 is 0. The van der Waals surface area contributed by atoms with Crippen molar-refractivity contribution in [3.8, 4) is 0 Å². The first-order valence-corrected chi connectivity index (χ1v) is 6.44. The van der Waals surface area contributed by atoms with E-state index in [4.69, 9.17) is 4.84 Å². The molecule has 1 aromatic heterocycles. The minimum Gasteiger partial charge on any atom is -0.336 e. The Labute approximate surface area is 95.6 Å². The molecule has 16 heavy (non-hydrogen) atoms. The molecule has 1 N–H and O–H groups in total. The third kappa shape index (κ3) is 3.58. The van der Waals surface area contributed by atoms with Crippen LogP contribution in [0.2, 0.25) is 0 Å². The second-order valence-corrected chi connectivity index (χ2v) is 5.94. The summed E-state index contributed by atoms with van der Waals surface area (Å²) < 4.78 is 25.1. The van der Waals surface area contributed by atoms with E-state index in [2.05, 4.69) is 4.98 Å². The van der Waals surface area contributed by atoms with E-state index in [1.165, 1.54) is 12.5 Å². The van der Waals surface area contributed by atoms with Crippen molar-refractivity contribution in [2.45, 2.75) is 44.9 Å². The monoisotopic (exact) mass is 247 g/mol. The molecule has 0 atom stereocenters. The van der Waals surface area contributed by atoms with Crippen molar-refractivity contribution in [2.75, 3.05) is 0 Å². The lowest BCUT2D eigenvalue weighted by Crippen LogP contribution is -2.33. The summed E-state index contributed by atoms with van der Waals surface area (Å²) in [5, 5.41) is -0.0430. The van der Waals surface area contributed by atoms with E-state index in [0.717, 1.165) is 0 Å². The summed E-state index contributed by atoms with van der Waals surface area (Å²) in [5.41, 5.74) is -0.583. The van der Waals surface area contributed by atoms with Crippen molar-refractivity contribution in [3.05, 3.63) is 12.5 Å². The molecular weight excluding hydrogens is 230 g/mol. The zero-order valence-electron chi connectivity index (χ0n) is 9.89. The molecule has 0 aliphatic rings. The number of imidazole rings is 1. The summed E-state index contributed by atoms with van der Waals surface area (Å²) in [7, 11) is -3.69. The Bertz CT molecular complexity index is 445. The fourth-order valence-electron chi connectivity index (χ4n) is 0.874. The van der Waals surface area contributed by atoms with Crippen LogP contribution in [0.15, 0.2) is 17.6 Å². The fraction of sp³-hybridized carbons (Fsp3) is 0.667. The molecule has 1 rings (SSSR count). The number of aromatic nitrogens is 2. The van der Waals surface area contributed by atoms with E-state index in [1.807, 2.05) is 11.8 Å². The lowest BCUT2D eigenvalue weighted by atomic mass is 10.2. The molecule has 6 nitrogen and oxygen atoms in total. The van der Waals surface area contributed by atoms with Gasteiger partial charge < -0.3 is 4.57 Å². The van der Waals surface area contributed by atoms with Gasteiger partial charge in [-0.25, -0.2) is 13.4 Å². The van der Waals surface area contributed by atoms with Crippen LogP contribution >= 0.6 is 0 Å². The number of sulfonamides is 1. The molecule has 0 saturated carbocycles. The number of hydrogen-bond donors (Lipinski definition) is 1. The van der Waals surface area contributed by atoms with Gasteiger partial charge in [0.25, 0.3) is 10.0 Å². The zero-order valence-corrected chi connectivity index (χ0v) is 10.7. The quantitative estimate of drug-likeness (QED) is 0.803. The van der Waals surface area contributed by atoms with Gasteiger partial charge in [0, 0.05) is 12.7 Å². The second kappa shape index (κ2) is 4.52. The van der Waals surface area contributed by atoms with Crippen molar-refractivity contribution in [1.29, 1.82) is 0 Å². The maximum Gasteiger partial charge on any atom is 0.281 e. The normalized spacial score (nSPS) is 13.0. The van der Waals surface area contributed by atoms with Crippen LogP contribution in [0.4, 0.5) is 0 Å². The van der Waals surface area contributed by atoms with Gasteiger partial charge in [-0.3, -0.25) is 4.84 Å². The van der Waals surface area contributed by atoms with E-state index < -0.39 is 15.6 Å². The van der Waals surface area contributed by atoms with Crippen LogP contribution in [0.5, 0.6) is 0 Å². The summed E-state index contributed by atoms with van der Waals surface area (Å²) in [6.45, 7) is 7.82. The molecular formula is C9H17N3O3S. The zero-order chi connectivity index (χ0) is 12.4. The maximum atomic E-state index is 11.7. The first-order valence-electron chi connectivity index (χ1n) is 4.96. The van der Waals surface area contributed by atoms with Gasteiger partial charge in [-0.05, 0) is 27.7 Å². The topological polar surface area (TPSA) is 73.2 Å². The van der Waals surface area contributed by atoms with Crippen molar-refractivity contribution >= 4 is 10.0 Å². The molecule has 0 fully saturated rings. The van der Waals surface area contributed by atoms with E-state index in [0.29, 0.717) is 6.54 Å². The van der Waals surface area contributed by atoms with Gasteiger partial charge in [0.1, 0.15) is 0 Å². The van der Waals surface area contributed by atoms with Crippen LogP contribution in [-0.4, -0.2) is 23.6 Å². The Kier molecular flexibility index (Phi) is 3.72. The molecule has 7 heteroatoms. The predicted octanol–water partition coefficient (Wildman–Crippen LogP) is 0.911. The largest absolute Gasteiger partial charge is 0.336 e. The summed E-state index contributed by atoms with van der Waals surface area (Å²) in [4.78, 5) is 10.8. The van der Waals surface area contributed by atoms with Crippen LogP contribution in [0.3, 0.4) is 0 Å². The summed E-state index contributed by atoms with van der Waals surface area (Å²) in [6.07, 6.45) is 2.92. The average molecular weight is 247 g/mol. The Morgan fingerprint density at radius 3 is 2.56 bits per heavy atom. The molecule has 0 spiro atoms. The van der Waals surface area contributed by atoms with E-state index in [9.17, 15) is 8.42 Å². The van der Waals surface area contributed by atoms with Gasteiger partial charge >= 0.3 is 0 Å². The molecule has 0 aromatic carbocycles. The van der Waals surface area contributed by atoms with Crippen LogP contribution in [0, 0.1) is 0 Å². The molecule has 0 radical (unpaired) electrons. The van der Waals surface area contributed by atoms with Gasteiger partial charge in [-0.1, -0.05) is 4.89 Å². The molecule has 0 aliphatic carbocycles. The highest BCUT2D eigenvalue weighted by molar-refractivity contribution is 7.89. The van der Waals surface area contributed by atoms with E-state index in [-0.39, 0.29) is 5.03 Å². The highest BCUT2D eigenvalue weighted by atomic mass is 32.2. The number of nitrogens with zero attached hydrogens (tertiary/aromatic N) is 2. The van der Waals surface area contributed by atoms with Gasteiger partial charge in [-0.2, -0.15) is 0 Å². The smallest absolute Gasteiger partial charge is 0.281 e. The van der Waals surface area contributed by atoms with Gasteiger partial charge in [0.05, 0.1) is 11.9 Å². The lowest BCUT2D eigenvalue weighted by Gasteiger charge is -2.18. The molecule has 0 aliphatic heterocycles. The Hall–Kier alpha value is -0.920. The molecule has 0 bridgehead atoms. The van der Waals surface area contributed by atoms with Crippen molar-refractivity contribution in [1.82, 2.24) is 14.4 Å². The minimum atomic E-state index is -3.69. The second-order valence-electron chi connectivity index (χ2n) is 4.34. The van der Waals surface area contributed by atoms with Gasteiger partial charge in [0.2, 0.25) is 0 Å². The summed E-state index contributed by atoms with van der Waals surface area (Å²) in [5.74, 6) is 0. The van der Waals surface area contributed by atoms with Crippen LogP contribution in [0.1, 0.15) is 27.7 Å². The predicted molar refractivity (Wildman–Crippen MR) is 59.1 cm³/mol. The van der Waals surface area contributed by atoms with Gasteiger partial charge in [0.15, 0.2) is 5.03 Å². The standard InChI is InChI=1S/C9H17N3O3S/c1-5-12-6-8(10-7-12)16(13,14)11-15-9(2,3)4/h6-7,11H,5H2,1-4H3. The van der Waals surface area contributed by atoms with E-state index in [1.54, 1.807) is 25.3 Å². The minimum absolute atomic E-state index is 0.0430. The average Bonchev–Trinajstić information content (AvgIpc) is 2.62. The Morgan fingerprint density at radius 2 is 2.12 bits per heavy atom. The summed E-state index contributed by atoms with van der Waals surface area (Å²) in [6, 6.07) is 0. The molecule has 0 amide bonds. The lowest BCUT2D eigenvalue weighted by molar-refractivity contribution is -0.0358. The van der Waals surface area contributed by atoms with Crippen LogP contribution < -0.4 is 4.89 Å². The molecule has 1 aromatic rings. The van der Waals surface area contributed by atoms with Crippen LogP contribution in [-0.2, 0) is 21.4 Å². The number of aryl methyl sites for hydroxylation is 1. The third-order valence-electron chi connectivity index (χ3n) is 1.71. The van der Waals surface area contributed by atoms with Gasteiger partial charge in [-0.15, -0.1) is 0 Å². The Morgan fingerprint density at radius 1 is 1.50 bits per heavy atom. The Balaban J connectivity index is 2.78. The van der Waals surface area contributed by atoms with E-state index >= 15 is 0 Å².